The van der Waals surface area contributed by atoms with E-state index in [1.54, 1.807) is 12.3 Å². The third kappa shape index (κ3) is 3.66. The average molecular weight is 374 g/mol. The first-order chi connectivity index (χ1) is 12.2. The lowest BCUT2D eigenvalue weighted by molar-refractivity contribution is 0.559. The minimum atomic E-state index is -3.64. The number of benzene rings is 2. The molecule has 6 heteroatoms. The van der Waals surface area contributed by atoms with Crippen LogP contribution in [0.5, 0.6) is 0 Å². The van der Waals surface area contributed by atoms with Gasteiger partial charge in [0, 0.05) is 23.1 Å². The van der Waals surface area contributed by atoms with Gasteiger partial charge in [-0.05, 0) is 69.0 Å². The van der Waals surface area contributed by atoms with E-state index in [0.29, 0.717) is 11.3 Å². The van der Waals surface area contributed by atoms with E-state index >= 15 is 0 Å². The average Bonchev–Trinajstić information content (AvgIpc) is 2.87. The zero-order valence-electron chi connectivity index (χ0n) is 15.4. The highest BCUT2D eigenvalue weighted by Crippen LogP contribution is 2.24. The molecule has 0 aliphatic heterocycles. The Morgan fingerprint density at radius 1 is 1.12 bits per heavy atom. The van der Waals surface area contributed by atoms with Crippen molar-refractivity contribution in [3.8, 4) is 0 Å². The summed E-state index contributed by atoms with van der Waals surface area (Å²) < 4.78 is 42.0. The van der Waals surface area contributed by atoms with E-state index in [-0.39, 0.29) is 11.9 Å². The van der Waals surface area contributed by atoms with E-state index < -0.39 is 10.0 Å². The van der Waals surface area contributed by atoms with Gasteiger partial charge in [0.2, 0.25) is 10.0 Å². The number of rotatable bonds is 5. The van der Waals surface area contributed by atoms with Crippen LogP contribution in [-0.4, -0.2) is 19.4 Å². The van der Waals surface area contributed by atoms with Crippen LogP contribution in [0, 0.1) is 26.6 Å². The highest BCUT2D eigenvalue weighted by molar-refractivity contribution is 7.89. The normalized spacial score (nSPS) is 13.3. The first-order valence-corrected chi connectivity index (χ1v) is 10.0. The number of fused-ring (bicyclic) bond motifs is 1. The number of aromatic nitrogens is 1. The minimum absolute atomic E-state index is 0.308. The summed E-state index contributed by atoms with van der Waals surface area (Å²) in [5, 5.41) is 0.777. The van der Waals surface area contributed by atoms with Crippen molar-refractivity contribution >= 4 is 20.9 Å². The zero-order valence-corrected chi connectivity index (χ0v) is 16.2. The van der Waals surface area contributed by atoms with Crippen LogP contribution < -0.4 is 4.72 Å². The van der Waals surface area contributed by atoms with E-state index in [4.69, 9.17) is 0 Å². The molecular formula is C20H23FN2O2S. The third-order valence-electron chi connectivity index (χ3n) is 4.49. The molecule has 2 aromatic carbocycles. The Hall–Kier alpha value is -2.18. The summed E-state index contributed by atoms with van der Waals surface area (Å²) in [6, 6.07) is 7.96. The summed E-state index contributed by atoms with van der Waals surface area (Å²) >= 11 is 0. The molecule has 0 saturated carbocycles. The molecule has 3 aromatic rings. The summed E-state index contributed by atoms with van der Waals surface area (Å²) in [7, 11) is -3.64. The fourth-order valence-electron chi connectivity index (χ4n) is 3.61. The van der Waals surface area contributed by atoms with Crippen molar-refractivity contribution < 1.29 is 12.8 Å². The molecule has 0 bridgehead atoms. The molecule has 0 spiro atoms. The Morgan fingerprint density at radius 3 is 2.42 bits per heavy atom. The van der Waals surface area contributed by atoms with Crippen molar-refractivity contribution in [1.29, 1.82) is 0 Å². The Morgan fingerprint density at radius 2 is 1.77 bits per heavy atom. The van der Waals surface area contributed by atoms with Crippen molar-refractivity contribution in [2.75, 3.05) is 0 Å². The first-order valence-electron chi connectivity index (χ1n) is 8.53. The molecule has 138 valence electrons. The second kappa shape index (κ2) is 6.85. The van der Waals surface area contributed by atoms with Crippen molar-refractivity contribution in [2.24, 2.45) is 0 Å². The second-order valence-corrected chi connectivity index (χ2v) is 8.61. The van der Waals surface area contributed by atoms with Gasteiger partial charge in [-0.2, -0.15) is 0 Å². The van der Waals surface area contributed by atoms with Crippen LogP contribution in [0.25, 0.3) is 10.9 Å². The molecule has 1 atom stereocenters. The maximum atomic E-state index is 13.5. The van der Waals surface area contributed by atoms with E-state index in [9.17, 15) is 12.8 Å². The molecule has 26 heavy (non-hydrogen) atoms. The molecule has 1 heterocycles. The quantitative estimate of drug-likeness (QED) is 0.705. The molecule has 1 aromatic heterocycles. The van der Waals surface area contributed by atoms with Crippen LogP contribution in [0.1, 0.15) is 29.2 Å². The molecule has 0 amide bonds. The maximum absolute atomic E-state index is 13.5. The fourth-order valence-corrected chi connectivity index (χ4v) is 5.30. The number of halogens is 1. The van der Waals surface area contributed by atoms with Gasteiger partial charge in [0.15, 0.2) is 0 Å². The number of nitrogens with one attached hydrogen (secondary N) is 2. The number of hydrogen-bond acceptors (Lipinski definition) is 2. The van der Waals surface area contributed by atoms with Gasteiger partial charge in [-0.3, -0.25) is 0 Å². The van der Waals surface area contributed by atoms with E-state index in [1.807, 2.05) is 39.8 Å². The summed E-state index contributed by atoms with van der Waals surface area (Å²) in [5.74, 6) is -0.308. The van der Waals surface area contributed by atoms with Crippen LogP contribution in [0.15, 0.2) is 41.4 Å². The predicted octanol–water partition coefficient (Wildman–Crippen LogP) is 4.14. The monoisotopic (exact) mass is 374 g/mol. The van der Waals surface area contributed by atoms with E-state index in [0.717, 1.165) is 33.2 Å². The number of hydrogen-bond donors (Lipinski definition) is 2. The summed E-state index contributed by atoms with van der Waals surface area (Å²) in [6.45, 7) is 7.38. The first kappa shape index (κ1) is 18.6. The predicted molar refractivity (Wildman–Crippen MR) is 102 cm³/mol. The molecule has 3 rings (SSSR count). The van der Waals surface area contributed by atoms with Crippen molar-refractivity contribution in [1.82, 2.24) is 9.71 Å². The molecule has 0 aliphatic carbocycles. The number of H-pyrrole nitrogens is 1. The molecule has 0 radical (unpaired) electrons. The van der Waals surface area contributed by atoms with Gasteiger partial charge < -0.3 is 4.98 Å². The van der Waals surface area contributed by atoms with Crippen molar-refractivity contribution in [3.63, 3.8) is 0 Å². The Bertz CT molecular complexity index is 1050. The molecule has 0 fully saturated rings. The number of aryl methyl sites for hydroxylation is 3. The van der Waals surface area contributed by atoms with Gasteiger partial charge in [-0.25, -0.2) is 17.5 Å². The highest BCUT2D eigenvalue weighted by atomic mass is 32.2. The van der Waals surface area contributed by atoms with Crippen molar-refractivity contribution in [2.45, 2.75) is 45.1 Å². The van der Waals surface area contributed by atoms with Crippen molar-refractivity contribution in [3.05, 3.63) is 64.6 Å². The van der Waals surface area contributed by atoms with Gasteiger partial charge in [0.05, 0.1) is 4.90 Å². The largest absolute Gasteiger partial charge is 0.361 e. The van der Waals surface area contributed by atoms with Gasteiger partial charge in [-0.15, -0.1) is 0 Å². The van der Waals surface area contributed by atoms with Gasteiger partial charge in [-0.1, -0.05) is 17.7 Å². The van der Waals surface area contributed by atoms with Crippen LogP contribution >= 0.6 is 0 Å². The summed E-state index contributed by atoms with van der Waals surface area (Å²) in [6.07, 6.45) is 2.27. The lowest BCUT2D eigenvalue weighted by Gasteiger charge is -2.17. The Kier molecular flexibility index (Phi) is 4.90. The van der Waals surface area contributed by atoms with E-state index in [2.05, 4.69) is 9.71 Å². The fraction of sp³-hybridized carbons (Fsp3) is 0.300. The topological polar surface area (TPSA) is 62.0 Å². The van der Waals surface area contributed by atoms with E-state index in [1.165, 1.54) is 12.1 Å². The SMILES string of the molecule is Cc1cc(C)c(S(=O)(=O)NC(C)Cc2c[nH]c3ccc(F)cc23)c(C)c1. The lowest BCUT2D eigenvalue weighted by atomic mass is 10.1. The van der Waals surface area contributed by atoms with Crippen LogP contribution in [0.4, 0.5) is 4.39 Å². The molecular weight excluding hydrogens is 351 g/mol. The van der Waals surface area contributed by atoms with Gasteiger partial charge >= 0.3 is 0 Å². The maximum Gasteiger partial charge on any atom is 0.241 e. The van der Waals surface area contributed by atoms with Crippen LogP contribution in [0.2, 0.25) is 0 Å². The smallest absolute Gasteiger partial charge is 0.241 e. The number of sulfonamides is 1. The summed E-state index contributed by atoms with van der Waals surface area (Å²) in [5.41, 5.74) is 4.22. The highest BCUT2D eigenvalue weighted by Gasteiger charge is 2.22. The standard InChI is InChI=1S/C20H23FN2O2S/c1-12-7-13(2)20(14(3)8-12)26(24,25)23-15(4)9-16-11-22-19-6-5-17(21)10-18(16)19/h5-8,10-11,15,22-23H,9H2,1-4H3. The minimum Gasteiger partial charge on any atom is -0.361 e. The van der Waals surface area contributed by atoms with Gasteiger partial charge in [0.25, 0.3) is 0 Å². The molecule has 4 nitrogen and oxygen atoms in total. The Labute approximate surface area is 153 Å². The third-order valence-corrected chi connectivity index (χ3v) is 6.38. The molecule has 0 saturated heterocycles. The number of aromatic amines is 1. The molecule has 0 aliphatic rings. The second-order valence-electron chi connectivity index (χ2n) is 6.96. The van der Waals surface area contributed by atoms with Crippen LogP contribution in [-0.2, 0) is 16.4 Å². The van der Waals surface area contributed by atoms with Crippen LogP contribution in [0.3, 0.4) is 0 Å². The lowest BCUT2D eigenvalue weighted by Crippen LogP contribution is -2.34. The zero-order chi connectivity index (χ0) is 19.1. The van der Waals surface area contributed by atoms with Gasteiger partial charge in [0.1, 0.15) is 5.82 Å². The molecule has 1 unspecified atom stereocenters. The summed E-state index contributed by atoms with van der Waals surface area (Å²) in [4.78, 5) is 3.43. The molecule has 2 N–H and O–H groups in total. The Balaban J connectivity index is 1.85.